The minimum Gasteiger partial charge on any atom is -0.396 e. The summed E-state index contributed by atoms with van der Waals surface area (Å²) in [7, 11) is 0. The zero-order valence-electron chi connectivity index (χ0n) is 11.2. The maximum absolute atomic E-state index is 8.98. The van der Waals surface area contributed by atoms with Crippen LogP contribution in [0.4, 0.5) is 0 Å². The third-order valence-electron chi connectivity index (χ3n) is 3.73. The molecule has 0 aliphatic carbocycles. The molecule has 1 unspecified atom stereocenters. The van der Waals surface area contributed by atoms with Gasteiger partial charge in [-0.25, -0.2) is 0 Å². The summed E-state index contributed by atoms with van der Waals surface area (Å²) in [6.07, 6.45) is 2.09. The summed E-state index contributed by atoms with van der Waals surface area (Å²) in [6.45, 7) is 8.22. The second-order valence-corrected chi connectivity index (χ2v) is 5.44. The molecule has 1 fully saturated rings. The van der Waals surface area contributed by atoms with Crippen LogP contribution in [0.3, 0.4) is 0 Å². The number of aromatic nitrogens is 2. The molecule has 102 valence electrons. The average molecular weight is 272 g/mol. The first-order valence-corrected chi connectivity index (χ1v) is 7.08. The van der Waals surface area contributed by atoms with Gasteiger partial charge in [0.1, 0.15) is 0 Å². The summed E-state index contributed by atoms with van der Waals surface area (Å²) in [4.78, 5) is 2.41. The van der Waals surface area contributed by atoms with Gasteiger partial charge in [0, 0.05) is 26.2 Å². The Morgan fingerprint density at radius 3 is 2.94 bits per heavy atom. The van der Waals surface area contributed by atoms with Crippen LogP contribution in [0.5, 0.6) is 0 Å². The standard InChI is InChI=1S/C13H22ClN3O/c1-3-17-12(13(14)10(2)15-17)9-16-6-4-11(8-16)5-7-18/h11,18H,3-9H2,1-2H3. The second kappa shape index (κ2) is 6.04. The molecule has 0 aromatic carbocycles. The van der Waals surface area contributed by atoms with E-state index in [0.29, 0.717) is 12.5 Å². The molecule has 5 heteroatoms. The second-order valence-electron chi connectivity index (χ2n) is 5.06. The van der Waals surface area contributed by atoms with Gasteiger partial charge in [-0.05, 0) is 39.2 Å². The van der Waals surface area contributed by atoms with Gasteiger partial charge < -0.3 is 5.11 Å². The Morgan fingerprint density at radius 2 is 2.28 bits per heavy atom. The van der Waals surface area contributed by atoms with Crippen molar-refractivity contribution in [2.75, 3.05) is 19.7 Å². The molecule has 1 aromatic heterocycles. The molecule has 0 bridgehead atoms. The van der Waals surface area contributed by atoms with Gasteiger partial charge >= 0.3 is 0 Å². The molecule has 4 nitrogen and oxygen atoms in total. The Kier molecular flexibility index (Phi) is 4.65. The van der Waals surface area contributed by atoms with Gasteiger partial charge in [0.05, 0.1) is 16.4 Å². The Bertz CT molecular complexity index is 405. The van der Waals surface area contributed by atoms with Crippen LogP contribution in [0.25, 0.3) is 0 Å². The van der Waals surface area contributed by atoms with Crippen LogP contribution in [0.1, 0.15) is 31.2 Å². The number of aliphatic hydroxyl groups excluding tert-OH is 1. The van der Waals surface area contributed by atoms with Crippen LogP contribution in [0.15, 0.2) is 0 Å². The summed E-state index contributed by atoms with van der Waals surface area (Å²) in [5.41, 5.74) is 2.04. The van der Waals surface area contributed by atoms with E-state index in [4.69, 9.17) is 16.7 Å². The summed E-state index contributed by atoms with van der Waals surface area (Å²) in [6, 6.07) is 0. The number of halogens is 1. The lowest BCUT2D eigenvalue weighted by atomic mass is 10.1. The minimum atomic E-state index is 0.297. The molecular formula is C13H22ClN3O. The first-order chi connectivity index (χ1) is 8.65. The number of aryl methyl sites for hydroxylation is 2. The fraction of sp³-hybridized carbons (Fsp3) is 0.769. The number of hydrogen-bond acceptors (Lipinski definition) is 3. The number of rotatable bonds is 5. The summed E-state index contributed by atoms with van der Waals surface area (Å²) in [5, 5.41) is 14.2. The Balaban J connectivity index is 2.02. The van der Waals surface area contributed by atoms with Gasteiger partial charge in [-0.1, -0.05) is 11.6 Å². The SMILES string of the molecule is CCn1nc(C)c(Cl)c1CN1CCC(CCO)C1. The van der Waals surface area contributed by atoms with Crippen LogP contribution in [-0.4, -0.2) is 39.5 Å². The Labute approximate surface area is 114 Å². The largest absolute Gasteiger partial charge is 0.396 e. The van der Waals surface area contributed by atoms with Crippen LogP contribution in [0.2, 0.25) is 5.02 Å². The molecule has 0 radical (unpaired) electrons. The molecule has 18 heavy (non-hydrogen) atoms. The number of aliphatic hydroxyl groups is 1. The normalized spacial score (nSPS) is 20.8. The predicted molar refractivity (Wildman–Crippen MR) is 72.7 cm³/mol. The zero-order chi connectivity index (χ0) is 13.1. The monoisotopic (exact) mass is 271 g/mol. The van der Waals surface area contributed by atoms with E-state index in [0.717, 1.165) is 49.0 Å². The summed E-state index contributed by atoms with van der Waals surface area (Å²) < 4.78 is 2.00. The lowest BCUT2D eigenvalue weighted by molar-refractivity contribution is 0.248. The molecule has 1 atom stereocenters. The number of nitrogens with zero attached hydrogens (tertiary/aromatic N) is 3. The highest BCUT2D eigenvalue weighted by Gasteiger charge is 2.24. The van der Waals surface area contributed by atoms with Gasteiger partial charge in [-0.15, -0.1) is 0 Å². The summed E-state index contributed by atoms with van der Waals surface area (Å²) in [5.74, 6) is 0.632. The van der Waals surface area contributed by atoms with Crippen molar-refractivity contribution in [1.82, 2.24) is 14.7 Å². The number of hydrogen-bond donors (Lipinski definition) is 1. The van der Waals surface area contributed by atoms with E-state index in [-0.39, 0.29) is 0 Å². The third-order valence-corrected chi connectivity index (χ3v) is 4.23. The van der Waals surface area contributed by atoms with Crippen molar-refractivity contribution < 1.29 is 5.11 Å². The van der Waals surface area contributed by atoms with Crippen LogP contribution in [0, 0.1) is 12.8 Å². The molecule has 1 saturated heterocycles. The lowest BCUT2D eigenvalue weighted by Gasteiger charge is -2.16. The van der Waals surface area contributed by atoms with Crippen molar-refractivity contribution in [3.05, 3.63) is 16.4 Å². The molecule has 2 rings (SSSR count). The van der Waals surface area contributed by atoms with Gasteiger partial charge in [-0.3, -0.25) is 9.58 Å². The predicted octanol–water partition coefficient (Wildman–Crippen LogP) is 2.07. The lowest BCUT2D eigenvalue weighted by Crippen LogP contribution is -2.22. The maximum atomic E-state index is 8.98. The minimum absolute atomic E-state index is 0.297. The van der Waals surface area contributed by atoms with Gasteiger partial charge in [-0.2, -0.15) is 5.10 Å². The van der Waals surface area contributed by atoms with Crippen molar-refractivity contribution in [2.45, 2.75) is 39.8 Å². The van der Waals surface area contributed by atoms with E-state index in [9.17, 15) is 0 Å². The maximum Gasteiger partial charge on any atom is 0.0860 e. The summed E-state index contributed by atoms with van der Waals surface area (Å²) >= 11 is 6.32. The first-order valence-electron chi connectivity index (χ1n) is 6.70. The molecular weight excluding hydrogens is 250 g/mol. The van der Waals surface area contributed by atoms with Gasteiger partial charge in [0.25, 0.3) is 0 Å². The highest BCUT2D eigenvalue weighted by Crippen LogP contribution is 2.25. The molecule has 1 aromatic rings. The van der Waals surface area contributed by atoms with Crippen molar-refractivity contribution in [1.29, 1.82) is 0 Å². The van der Waals surface area contributed by atoms with E-state index >= 15 is 0 Å². The van der Waals surface area contributed by atoms with Crippen LogP contribution in [-0.2, 0) is 13.1 Å². The highest BCUT2D eigenvalue weighted by atomic mass is 35.5. The number of likely N-dealkylation sites (tertiary alicyclic amines) is 1. The highest BCUT2D eigenvalue weighted by molar-refractivity contribution is 6.31. The fourth-order valence-electron chi connectivity index (χ4n) is 2.71. The molecule has 2 heterocycles. The Hall–Kier alpha value is -0.580. The first kappa shape index (κ1) is 13.8. The Morgan fingerprint density at radius 1 is 1.50 bits per heavy atom. The topological polar surface area (TPSA) is 41.3 Å². The van der Waals surface area contributed by atoms with Crippen LogP contribution >= 0.6 is 11.6 Å². The smallest absolute Gasteiger partial charge is 0.0860 e. The van der Waals surface area contributed by atoms with Crippen LogP contribution < -0.4 is 0 Å². The van der Waals surface area contributed by atoms with Crippen molar-refractivity contribution in [2.24, 2.45) is 5.92 Å². The molecule has 0 amide bonds. The zero-order valence-corrected chi connectivity index (χ0v) is 11.9. The molecule has 1 N–H and O–H groups in total. The van der Waals surface area contributed by atoms with E-state index < -0.39 is 0 Å². The van der Waals surface area contributed by atoms with Gasteiger partial charge in [0.2, 0.25) is 0 Å². The van der Waals surface area contributed by atoms with Crippen molar-refractivity contribution >= 4 is 11.6 Å². The van der Waals surface area contributed by atoms with E-state index in [1.165, 1.54) is 6.42 Å². The molecule has 0 spiro atoms. The van der Waals surface area contributed by atoms with E-state index in [1.54, 1.807) is 0 Å². The van der Waals surface area contributed by atoms with E-state index in [1.807, 2.05) is 11.6 Å². The van der Waals surface area contributed by atoms with E-state index in [2.05, 4.69) is 16.9 Å². The average Bonchev–Trinajstić information content (AvgIpc) is 2.90. The molecule has 0 saturated carbocycles. The quantitative estimate of drug-likeness (QED) is 0.891. The van der Waals surface area contributed by atoms with Crippen molar-refractivity contribution in [3.63, 3.8) is 0 Å². The van der Waals surface area contributed by atoms with Crippen molar-refractivity contribution in [3.8, 4) is 0 Å². The van der Waals surface area contributed by atoms with Gasteiger partial charge in [0.15, 0.2) is 0 Å². The molecule has 1 aliphatic heterocycles. The molecule has 1 aliphatic rings. The fourth-order valence-corrected chi connectivity index (χ4v) is 2.90. The third kappa shape index (κ3) is 2.87.